The van der Waals surface area contributed by atoms with Crippen LogP contribution in [0.4, 0.5) is 5.69 Å². The van der Waals surface area contributed by atoms with Crippen molar-refractivity contribution in [1.29, 1.82) is 0 Å². The molecule has 27 heavy (non-hydrogen) atoms. The Morgan fingerprint density at radius 3 is 2.52 bits per heavy atom. The number of hydrazine groups is 1. The van der Waals surface area contributed by atoms with E-state index in [1.165, 1.54) is 18.0 Å². The third-order valence-corrected chi connectivity index (χ3v) is 3.74. The molecule has 1 saturated heterocycles. The van der Waals surface area contributed by atoms with Gasteiger partial charge in [0.15, 0.2) is 11.5 Å². The molecule has 138 valence electrons. The van der Waals surface area contributed by atoms with Crippen LogP contribution in [-0.2, 0) is 14.4 Å². The van der Waals surface area contributed by atoms with Crippen molar-refractivity contribution in [2.75, 3.05) is 11.6 Å². The van der Waals surface area contributed by atoms with Crippen molar-refractivity contribution in [2.24, 2.45) is 0 Å². The summed E-state index contributed by atoms with van der Waals surface area (Å²) < 4.78 is 10.6. The van der Waals surface area contributed by atoms with Gasteiger partial charge in [0.1, 0.15) is 5.57 Å². The van der Waals surface area contributed by atoms with E-state index >= 15 is 0 Å². The minimum atomic E-state index is -0.495. The van der Waals surface area contributed by atoms with E-state index in [4.69, 9.17) is 9.47 Å². The van der Waals surface area contributed by atoms with E-state index in [-0.39, 0.29) is 11.3 Å². The summed E-state index contributed by atoms with van der Waals surface area (Å²) in [6.07, 6.45) is 1.47. The Morgan fingerprint density at radius 2 is 1.85 bits per heavy atom. The van der Waals surface area contributed by atoms with Gasteiger partial charge >= 0.3 is 5.97 Å². The average Bonchev–Trinajstić information content (AvgIpc) is 2.92. The molecular weight excluding hydrogens is 348 g/mol. The average molecular weight is 366 g/mol. The highest BCUT2D eigenvalue weighted by atomic mass is 16.6. The first kappa shape index (κ1) is 18.2. The van der Waals surface area contributed by atoms with E-state index in [0.717, 1.165) is 0 Å². The standard InChI is InChI=1S/C20H18N2O5/c1-3-26-18-12-14(9-10-17(18)27-13(2)23)11-16-19(24)21-22(20(16)25)15-7-5-4-6-8-15/h4-12H,3H2,1-2H3,(H,21,24)/b16-11-. The zero-order valence-electron chi connectivity index (χ0n) is 14.9. The number of carbonyl (C=O) groups excluding carboxylic acids is 3. The van der Waals surface area contributed by atoms with Crippen LogP contribution in [0.25, 0.3) is 6.08 Å². The molecule has 3 rings (SSSR count). The van der Waals surface area contributed by atoms with Crippen molar-refractivity contribution in [1.82, 2.24) is 5.43 Å². The second kappa shape index (κ2) is 7.74. The van der Waals surface area contributed by atoms with Gasteiger partial charge in [-0.2, -0.15) is 0 Å². The molecular formula is C20H18N2O5. The normalized spacial score (nSPS) is 15.0. The molecule has 1 N–H and O–H groups in total. The van der Waals surface area contributed by atoms with E-state index in [9.17, 15) is 14.4 Å². The van der Waals surface area contributed by atoms with Crippen LogP contribution in [0, 0.1) is 0 Å². The van der Waals surface area contributed by atoms with Crippen molar-refractivity contribution >= 4 is 29.5 Å². The smallest absolute Gasteiger partial charge is 0.308 e. The first-order valence-corrected chi connectivity index (χ1v) is 8.37. The number of nitrogens with zero attached hydrogens (tertiary/aromatic N) is 1. The molecule has 0 bridgehead atoms. The Morgan fingerprint density at radius 1 is 1.11 bits per heavy atom. The Labute approximate surface area is 156 Å². The second-order valence-corrected chi connectivity index (χ2v) is 5.71. The van der Waals surface area contributed by atoms with Crippen LogP contribution in [0.15, 0.2) is 54.1 Å². The first-order valence-electron chi connectivity index (χ1n) is 8.37. The highest BCUT2D eigenvalue weighted by molar-refractivity contribution is 6.31. The molecule has 0 radical (unpaired) electrons. The number of anilines is 1. The number of nitrogens with one attached hydrogen (secondary N) is 1. The largest absolute Gasteiger partial charge is 0.490 e. The maximum atomic E-state index is 12.6. The number of rotatable bonds is 5. The summed E-state index contributed by atoms with van der Waals surface area (Å²) in [4.78, 5) is 36.1. The summed E-state index contributed by atoms with van der Waals surface area (Å²) in [5.74, 6) is -0.780. The molecule has 2 amide bonds. The van der Waals surface area contributed by atoms with E-state index in [1.807, 2.05) is 6.07 Å². The molecule has 7 heteroatoms. The fourth-order valence-corrected chi connectivity index (χ4v) is 2.60. The lowest BCUT2D eigenvalue weighted by molar-refractivity contribution is -0.132. The van der Waals surface area contributed by atoms with E-state index in [2.05, 4.69) is 5.43 Å². The fourth-order valence-electron chi connectivity index (χ4n) is 2.60. The monoisotopic (exact) mass is 366 g/mol. The maximum absolute atomic E-state index is 12.6. The van der Waals surface area contributed by atoms with Crippen LogP contribution in [0.2, 0.25) is 0 Å². The van der Waals surface area contributed by atoms with Crippen molar-refractivity contribution in [3.63, 3.8) is 0 Å². The third kappa shape index (κ3) is 3.98. The Bertz CT molecular complexity index is 921. The molecule has 1 fully saturated rings. The van der Waals surface area contributed by atoms with Crippen molar-refractivity contribution in [2.45, 2.75) is 13.8 Å². The number of benzene rings is 2. The number of hydrogen-bond acceptors (Lipinski definition) is 5. The van der Waals surface area contributed by atoms with Gasteiger partial charge in [0.2, 0.25) is 0 Å². The van der Waals surface area contributed by atoms with Gasteiger partial charge < -0.3 is 9.47 Å². The summed E-state index contributed by atoms with van der Waals surface area (Å²) in [5, 5.41) is 1.20. The first-order chi connectivity index (χ1) is 13.0. The summed E-state index contributed by atoms with van der Waals surface area (Å²) in [7, 11) is 0. The summed E-state index contributed by atoms with van der Waals surface area (Å²) in [5.41, 5.74) is 3.69. The van der Waals surface area contributed by atoms with Crippen LogP contribution in [0.1, 0.15) is 19.4 Å². The molecule has 0 atom stereocenters. The number of carbonyl (C=O) groups is 3. The zero-order chi connectivity index (χ0) is 19.4. The molecule has 2 aromatic rings. The lowest BCUT2D eigenvalue weighted by Crippen LogP contribution is -2.35. The van der Waals surface area contributed by atoms with Crippen LogP contribution < -0.4 is 19.9 Å². The van der Waals surface area contributed by atoms with Gasteiger partial charge in [-0.25, -0.2) is 5.01 Å². The summed E-state index contributed by atoms with van der Waals surface area (Å²) in [6.45, 7) is 3.47. The Balaban J connectivity index is 1.91. The summed E-state index contributed by atoms with van der Waals surface area (Å²) in [6, 6.07) is 13.6. The van der Waals surface area contributed by atoms with Gasteiger partial charge in [-0.1, -0.05) is 24.3 Å². The predicted octanol–water partition coefficient (Wildman–Crippen LogP) is 2.47. The third-order valence-electron chi connectivity index (χ3n) is 3.74. The van der Waals surface area contributed by atoms with Gasteiger partial charge in [-0.3, -0.25) is 19.8 Å². The number of hydrogen-bond donors (Lipinski definition) is 1. The molecule has 0 unspecified atom stereocenters. The van der Waals surface area contributed by atoms with Crippen LogP contribution in [0.3, 0.4) is 0 Å². The van der Waals surface area contributed by atoms with Crippen molar-refractivity contribution in [3.05, 3.63) is 59.7 Å². The van der Waals surface area contributed by atoms with Gasteiger partial charge in [-0.15, -0.1) is 0 Å². The van der Waals surface area contributed by atoms with Gasteiger partial charge in [0, 0.05) is 6.92 Å². The quantitative estimate of drug-likeness (QED) is 0.380. The minimum Gasteiger partial charge on any atom is -0.490 e. The van der Waals surface area contributed by atoms with Crippen molar-refractivity contribution in [3.8, 4) is 11.5 Å². The lowest BCUT2D eigenvalue weighted by atomic mass is 10.1. The molecule has 0 saturated carbocycles. The van der Waals surface area contributed by atoms with Gasteiger partial charge in [-0.05, 0) is 42.8 Å². The highest BCUT2D eigenvalue weighted by Crippen LogP contribution is 2.30. The van der Waals surface area contributed by atoms with Gasteiger partial charge in [0.25, 0.3) is 11.8 Å². The number of amides is 2. The molecule has 0 aromatic heterocycles. The van der Waals surface area contributed by atoms with Crippen LogP contribution in [-0.4, -0.2) is 24.4 Å². The summed E-state index contributed by atoms with van der Waals surface area (Å²) >= 11 is 0. The van der Waals surface area contributed by atoms with Gasteiger partial charge in [0.05, 0.1) is 12.3 Å². The van der Waals surface area contributed by atoms with E-state index in [0.29, 0.717) is 23.6 Å². The van der Waals surface area contributed by atoms with E-state index in [1.54, 1.807) is 49.4 Å². The highest BCUT2D eigenvalue weighted by Gasteiger charge is 2.34. The number of esters is 1. The van der Waals surface area contributed by atoms with Crippen LogP contribution >= 0.6 is 0 Å². The predicted molar refractivity (Wildman–Crippen MR) is 99.0 cm³/mol. The Hall–Kier alpha value is -3.61. The molecule has 0 spiro atoms. The molecule has 7 nitrogen and oxygen atoms in total. The van der Waals surface area contributed by atoms with Crippen LogP contribution in [0.5, 0.6) is 11.5 Å². The molecule has 1 aliphatic rings. The maximum Gasteiger partial charge on any atom is 0.308 e. The topological polar surface area (TPSA) is 84.9 Å². The molecule has 2 aromatic carbocycles. The SMILES string of the molecule is CCOc1cc(/C=C2/C(=O)NN(c3ccccc3)C2=O)ccc1OC(C)=O. The molecule has 0 aliphatic carbocycles. The Kier molecular flexibility index (Phi) is 5.21. The molecule has 1 heterocycles. The second-order valence-electron chi connectivity index (χ2n) is 5.71. The van der Waals surface area contributed by atoms with Crippen molar-refractivity contribution < 1.29 is 23.9 Å². The van der Waals surface area contributed by atoms with E-state index < -0.39 is 17.8 Å². The fraction of sp³-hybridized carbons (Fsp3) is 0.150. The number of ether oxygens (including phenoxy) is 2. The number of para-hydroxylation sites is 1. The molecule has 1 aliphatic heterocycles. The lowest BCUT2D eigenvalue weighted by Gasteiger charge is -2.13. The minimum absolute atomic E-state index is 0.00142. The zero-order valence-corrected chi connectivity index (χ0v) is 14.9.